The monoisotopic (exact) mass is 165 g/mol. The number of hydrogen-bond acceptors (Lipinski definition) is 3. The van der Waals surface area contributed by atoms with Crippen LogP contribution < -0.4 is 11.1 Å². The molecule has 0 fully saturated rings. The maximum absolute atomic E-state index is 5.37. The second-order valence-corrected chi connectivity index (χ2v) is 2.66. The summed E-state index contributed by atoms with van der Waals surface area (Å²) in [6.07, 6.45) is 5.78. The molecule has 0 atom stereocenters. The zero-order valence-electron chi connectivity index (χ0n) is 7.16. The van der Waals surface area contributed by atoms with Crippen molar-refractivity contribution in [1.82, 2.24) is 4.98 Å². The highest BCUT2D eigenvalue weighted by atomic mass is 14.9. The third kappa shape index (κ3) is 3.34. The first-order chi connectivity index (χ1) is 5.93. The Morgan fingerprint density at radius 1 is 1.42 bits per heavy atom. The molecular formula is C9H15N3. The fourth-order valence-electron chi connectivity index (χ4n) is 0.969. The molecule has 1 aromatic rings. The zero-order valence-corrected chi connectivity index (χ0v) is 7.16. The molecule has 0 aliphatic carbocycles. The van der Waals surface area contributed by atoms with Crippen molar-refractivity contribution in [3.05, 3.63) is 24.5 Å². The van der Waals surface area contributed by atoms with Gasteiger partial charge in [-0.05, 0) is 31.5 Å². The zero-order chi connectivity index (χ0) is 8.65. The van der Waals surface area contributed by atoms with Crippen LogP contribution in [-0.4, -0.2) is 18.1 Å². The number of hydrogen-bond donors (Lipinski definition) is 2. The van der Waals surface area contributed by atoms with Gasteiger partial charge in [0.15, 0.2) is 0 Å². The maximum atomic E-state index is 5.37. The summed E-state index contributed by atoms with van der Waals surface area (Å²) in [7, 11) is 0. The van der Waals surface area contributed by atoms with E-state index in [-0.39, 0.29) is 0 Å². The highest BCUT2D eigenvalue weighted by molar-refractivity contribution is 5.39. The molecule has 66 valence electrons. The summed E-state index contributed by atoms with van der Waals surface area (Å²) in [5.74, 6) is 0. The predicted molar refractivity (Wildman–Crippen MR) is 51.0 cm³/mol. The standard InChI is InChI=1S/C9H15N3/c10-5-1-2-7-12-9-4-3-6-11-8-9/h3-4,6,8,12H,1-2,5,7,10H2. The van der Waals surface area contributed by atoms with Gasteiger partial charge in [-0.2, -0.15) is 0 Å². The van der Waals surface area contributed by atoms with Gasteiger partial charge in [0.1, 0.15) is 0 Å². The van der Waals surface area contributed by atoms with E-state index >= 15 is 0 Å². The van der Waals surface area contributed by atoms with Crippen molar-refractivity contribution >= 4 is 5.69 Å². The minimum absolute atomic E-state index is 0.773. The number of nitrogens with zero attached hydrogens (tertiary/aromatic N) is 1. The number of unbranched alkanes of at least 4 members (excludes halogenated alkanes) is 1. The van der Waals surface area contributed by atoms with E-state index in [2.05, 4.69) is 10.3 Å². The molecule has 0 unspecified atom stereocenters. The Kier molecular flexibility index (Phi) is 4.16. The van der Waals surface area contributed by atoms with Crippen molar-refractivity contribution in [1.29, 1.82) is 0 Å². The van der Waals surface area contributed by atoms with E-state index in [4.69, 9.17) is 5.73 Å². The van der Waals surface area contributed by atoms with Crippen molar-refractivity contribution in [3.63, 3.8) is 0 Å². The molecule has 0 radical (unpaired) electrons. The minimum Gasteiger partial charge on any atom is -0.384 e. The van der Waals surface area contributed by atoms with Crippen LogP contribution in [0.25, 0.3) is 0 Å². The molecule has 1 heterocycles. The Bertz CT molecular complexity index is 198. The first-order valence-corrected chi connectivity index (χ1v) is 4.27. The van der Waals surface area contributed by atoms with E-state index in [0.29, 0.717) is 0 Å². The van der Waals surface area contributed by atoms with Gasteiger partial charge in [0.05, 0.1) is 5.69 Å². The normalized spacial score (nSPS) is 9.75. The molecular weight excluding hydrogens is 150 g/mol. The molecule has 0 amide bonds. The predicted octanol–water partition coefficient (Wildman–Crippen LogP) is 1.23. The van der Waals surface area contributed by atoms with Gasteiger partial charge in [-0.1, -0.05) is 0 Å². The Morgan fingerprint density at radius 3 is 3.00 bits per heavy atom. The van der Waals surface area contributed by atoms with Crippen molar-refractivity contribution in [2.45, 2.75) is 12.8 Å². The van der Waals surface area contributed by atoms with Crippen LogP contribution in [0.5, 0.6) is 0 Å². The lowest BCUT2D eigenvalue weighted by atomic mass is 10.3. The molecule has 3 heteroatoms. The molecule has 0 saturated heterocycles. The van der Waals surface area contributed by atoms with Gasteiger partial charge in [-0.25, -0.2) is 0 Å². The van der Waals surface area contributed by atoms with Crippen molar-refractivity contribution < 1.29 is 0 Å². The van der Waals surface area contributed by atoms with Crippen LogP contribution in [0.2, 0.25) is 0 Å². The summed E-state index contributed by atoms with van der Waals surface area (Å²) >= 11 is 0. The van der Waals surface area contributed by atoms with Gasteiger partial charge >= 0.3 is 0 Å². The van der Waals surface area contributed by atoms with Gasteiger partial charge in [0, 0.05) is 18.9 Å². The summed E-state index contributed by atoms with van der Waals surface area (Å²) in [6, 6.07) is 3.93. The summed E-state index contributed by atoms with van der Waals surface area (Å²) in [6.45, 7) is 1.75. The third-order valence-corrected chi connectivity index (χ3v) is 1.62. The van der Waals surface area contributed by atoms with Gasteiger partial charge < -0.3 is 11.1 Å². The number of anilines is 1. The quantitative estimate of drug-likeness (QED) is 0.645. The van der Waals surface area contributed by atoms with Gasteiger partial charge in [0.25, 0.3) is 0 Å². The average Bonchev–Trinajstić information content (AvgIpc) is 2.14. The lowest BCUT2D eigenvalue weighted by molar-refractivity contribution is 0.774. The van der Waals surface area contributed by atoms with Crippen LogP contribution in [0.3, 0.4) is 0 Å². The maximum Gasteiger partial charge on any atom is 0.0526 e. The summed E-state index contributed by atoms with van der Waals surface area (Å²) in [5, 5.41) is 3.26. The molecule has 0 spiro atoms. The first-order valence-electron chi connectivity index (χ1n) is 4.27. The third-order valence-electron chi connectivity index (χ3n) is 1.62. The summed E-state index contributed by atoms with van der Waals surface area (Å²) in [5.41, 5.74) is 6.45. The van der Waals surface area contributed by atoms with Crippen LogP contribution in [-0.2, 0) is 0 Å². The van der Waals surface area contributed by atoms with Crippen molar-refractivity contribution in [2.75, 3.05) is 18.4 Å². The molecule has 0 saturated carbocycles. The molecule has 1 aromatic heterocycles. The molecule has 3 N–H and O–H groups in total. The molecule has 0 aliphatic rings. The minimum atomic E-state index is 0.773. The topological polar surface area (TPSA) is 50.9 Å². The molecule has 0 aromatic carbocycles. The van der Waals surface area contributed by atoms with E-state index in [0.717, 1.165) is 31.6 Å². The Hall–Kier alpha value is -1.09. The van der Waals surface area contributed by atoms with E-state index in [1.165, 1.54) is 0 Å². The van der Waals surface area contributed by atoms with Crippen molar-refractivity contribution in [2.24, 2.45) is 5.73 Å². The number of pyridine rings is 1. The van der Waals surface area contributed by atoms with Crippen LogP contribution in [0.4, 0.5) is 5.69 Å². The smallest absolute Gasteiger partial charge is 0.0526 e. The number of nitrogens with one attached hydrogen (secondary N) is 1. The second kappa shape index (κ2) is 5.55. The van der Waals surface area contributed by atoms with Crippen LogP contribution >= 0.6 is 0 Å². The fourth-order valence-corrected chi connectivity index (χ4v) is 0.969. The molecule has 1 rings (SSSR count). The van der Waals surface area contributed by atoms with Gasteiger partial charge in [-0.3, -0.25) is 4.98 Å². The fraction of sp³-hybridized carbons (Fsp3) is 0.444. The average molecular weight is 165 g/mol. The van der Waals surface area contributed by atoms with E-state index in [9.17, 15) is 0 Å². The largest absolute Gasteiger partial charge is 0.384 e. The highest BCUT2D eigenvalue weighted by Crippen LogP contribution is 2.02. The summed E-state index contributed by atoms with van der Waals surface area (Å²) in [4.78, 5) is 4.00. The van der Waals surface area contributed by atoms with E-state index < -0.39 is 0 Å². The second-order valence-electron chi connectivity index (χ2n) is 2.66. The lowest BCUT2D eigenvalue weighted by Gasteiger charge is -2.03. The van der Waals surface area contributed by atoms with Crippen LogP contribution in [0, 0.1) is 0 Å². The Balaban J connectivity index is 2.16. The van der Waals surface area contributed by atoms with Crippen LogP contribution in [0.1, 0.15) is 12.8 Å². The molecule has 0 bridgehead atoms. The highest BCUT2D eigenvalue weighted by Gasteiger charge is 1.88. The van der Waals surface area contributed by atoms with E-state index in [1.54, 1.807) is 6.20 Å². The number of nitrogens with two attached hydrogens (primary N) is 1. The SMILES string of the molecule is NCCCCNc1cccnc1. The Labute approximate surface area is 73.0 Å². The molecule has 3 nitrogen and oxygen atoms in total. The van der Waals surface area contributed by atoms with E-state index in [1.807, 2.05) is 18.3 Å². The number of aromatic nitrogens is 1. The molecule has 0 aliphatic heterocycles. The van der Waals surface area contributed by atoms with Gasteiger partial charge in [0.2, 0.25) is 0 Å². The first kappa shape index (κ1) is 9.00. The molecule has 12 heavy (non-hydrogen) atoms. The lowest BCUT2D eigenvalue weighted by Crippen LogP contribution is -2.05. The van der Waals surface area contributed by atoms with Gasteiger partial charge in [-0.15, -0.1) is 0 Å². The summed E-state index contributed by atoms with van der Waals surface area (Å²) < 4.78 is 0. The Morgan fingerprint density at radius 2 is 2.33 bits per heavy atom. The van der Waals surface area contributed by atoms with Crippen molar-refractivity contribution in [3.8, 4) is 0 Å². The van der Waals surface area contributed by atoms with Crippen LogP contribution in [0.15, 0.2) is 24.5 Å². The number of rotatable bonds is 5.